The molecule has 0 unspecified atom stereocenters. The quantitative estimate of drug-likeness (QED) is 0.830. The maximum atomic E-state index is 12.4. The summed E-state index contributed by atoms with van der Waals surface area (Å²) in [6.45, 7) is 2.17. The lowest BCUT2D eigenvalue weighted by atomic mass is 10.1. The van der Waals surface area contributed by atoms with Crippen molar-refractivity contribution in [2.75, 3.05) is 18.0 Å². The van der Waals surface area contributed by atoms with E-state index in [-0.39, 0.29) is 34.4 Å². The van der Waals surface area contributed by atoms with Crippen LogP contribution in [0, 0.1) is 0 Å². The van der Waals surface area contributed by atoms with Crippen molar-refractivity contribution in [1.29, 1.82) is 0 Å². The second-order valence-electron chi connectivity index (χ2n) is 6.06. The molecule has 0 bridgehead atoms. The Bertz CT molecular complexity index is 833. The van der Waals surface area contributed by atoms with E-state index >= 15 is 0 Å². The molecule has 2 aliphatic heterocycles. The van der Waals surface area contributed by atoms with Gasteiger partial charge in [-0.15, -0.1) is 0 Å². The number of ketones is 1. The molecule has 1 saturated heterocycles. The molecule has 5 nitrogen and oxygen atoms in total. The van der Waals surface area contributed by atoms with Gasteiger partial charge in [-0.2, -0.15) is 0 Å². The van der Waals surface area contributed by atoms with E-state index in [0.29, 0.717) is 0 Å². The summed E-state index contributed by atoms with van der Waals surface area (Å²) in [7, 11) is 0. The number of ether oxygens (including phenoxy) is 1. The maximum absolute atomic E-state index is 12.4. The Kier molecular flexibility index (Phi) is 3.41. The molecule has 4 rings (SSSR count). The number of aromatic hydroxyl groups is 2. The van der Waals surface area contributed by atoms with Crippen LogP contribution in [0.2, 0.25) is 0 Å². The summed E-state index contributed by atoms with van der Waals surface area (Å²) >= 11 is 0. The van der Waals surface area contributed by atoms with E-state index in [1.165, 1.54) is 24.6 Å². The summed E-state index contributed by atoms with van der Waals surface area (Å²) in [6.07, 6.45) is 4.10. The molecule has 2 heterocycles. The summed E-state index contributed by atoms with van der Waals surface area (Å²) in [5.74, 6) is -0.485. The molecule has 0 spiro atoms. The smallest absolute Gasteiger partial charge is 0.235 e. The Balaban J connectivity index is 1.60. The minimum Gasteiger partial charge on any atom is -0.508 e. The molecular formula is C19H17NO4. The van der Waals surface area contributed by atoms with Crippen LogP contribution in [0.4, 0.5) is 5.69 Å². The highest BCUT2D eigenvalue weighted by molar-refractivity contribution is 6.16. The van der Waals surface area contributed by atoms with E-state index in [4.69, 9.17) is 4.74 Å². The third-order valence-corrected chi connectivity index (χ3v) is 4.40. The Morgan fingerprint density at radius 1 is 1.04 bits per heavy atom. The van der Waals surface area contributed by atoms with Crippen LogP contribution in [-0.4, -0.2) is 29.1 Å². The minimum absolute atomic E-state index is 0.0905. The topological polar surface area (TPSA) is 70.0 Å². The minimum atomic E-state index is -0.383. The molecule has 0 atom stereocenters. The van der Waals surface area contributed by atoms with Gasteiger partial charge in [0.2, 0.25) is 5.78 Å². The molecule has 122 valence electrons. The van der Waals surface area contributed by atoms with Crippen LogP contribution in [0.5, 0.6) is 17.2 Å². The molecule has 2 aliphatic rings. The van der Waals surface area contributed by atoms with Gasteiger partial charge >= 0.3 is 0 Å². The predicted molar refractivity (Wildman–Crippen MR) is 90.6 cm³/mol. The Hall–Kier alpha value is -2.95. The number of hydrogen-bond acceptors (Lipinski definition) is 5. The number of phenolic OH excluding ortho intramolecular Hbond substituents is 2. The van der Waals surface area contributed by atoms with Gasteiger partial charge in [-0.1, -0.05) is 12.1 Å². The number of fused-ring (bicyclic) bond motifs is 1. The lowest BCUT2D eigenvalue weighted by Crippen LogP contribution is -2.17. The first kappa shape index (κ1) is 14.6. The number of anilines is 1. The third kappa shape index (κ3) is 2.48. The van der Waals surface area contributed by atoms with E-state index in [9.17, 15) is 15.0 Å². The van der Waals surface area contributed by atoms with Crippen molar-refractivity contribution in [1.82, 2.24) is 0 Å². The Morgan fingerprint density at radius 2 is 1.75 bits per heavy atom. The SMILES string of the molecule is O=C1/C(=C/c2ccc(N3CCCC3)cc2)Oc2cc(O)cc(O)c21. The molecule has 5 heteroatoms. The standard InChI is InChI=1S/C19H17NO4/c21-14-10-15(22)18-16(11-14)24-17(19(18)23)9-12-3-5-13(6-4-12)20-7-1-2-8-20/h3-6,9-11,21-22H,1-2,7-8H2/b17-9-. The maximum Gasteiger partial charge on any atom is 0.235 e. The fourth-order valence-electron chi connectivity index (χ4n) is 3.19. The summed E-state index contributed by atoms with van der Waals surface area (Å²) < 4.78 is 5.50. The number of carbonyl (C=O) groups is 1. The van der Waals surface area contributed by atoms with Gasteiger partial charge in [-0.3, -0.25) is 4.79 Å². The molecular weight excluding hydrogens is 306 g/mol. The normalized spacial score (nSPS) is 18.1. The highest BCUT2D eigenvalue weighted by atomic mass is 16.5. The van der Waals surface area contributed by atoms with E-state index in [1.807, 2.05) is 24.3 Å². The van der Waals surface area contributed by atoms with E-state index in [0.717, 1.165) is 24.7 Å². The number of benzene rings is 2. The molecule has 2 aromatic rings. The van der Waals surface area contributed by atoms with Crippen molar-refractivity contribution in [2.24, 2.45) is 0 Å². The van der Waals surface area contributed by atoms with Crippen molar-refractivity contribution in [2.45, 2.75) is 12.8 Å². The largest absolute Gasteiger partial charge is 0.508 e. The summed E-state index contributed by atoms with van der Waals surface area (Å²) in [5, 5.41) is 19.3. The number of nitrogens with zero attached hydrogens (tertiary/aromatic N) is 1. The second kappa shape index (κ2) is 5.60. The fraction of sp³-hybridized carbons (Fsp3) is 0.211. The number of allylic oxidation sites excluding steroid dienone is 1. The van der Waals surface area contributed by atoms with Crippen LogP contribution < -0.4 is 9.64 Å². The molecule has 0 aliphatic carbocycles. The molecule has 2 N–H and O–H groups in total. The van der Waals surface area contributed by atoms with Gasteiger partial charge < -0.3 is 19.8 Å². The zero-order valence-electron chi connectivity index (χ0n) is 13.0. The third-order valence-electron chi connectivity index (χ3n) is 4.40. The van der Waals surface area contributed by atoms with Crippen molar-refractivity contribution < 1.29 is 19.7 Å². The first-order chi connectivity index (χ1) is 11.6. The van der Waals surface area contributed by atoms with Crippen LogP contribution in [0.25, 0.3) is 6.08 Å². The molecule has 0 amide bonds. The van der Waals surface area contributed by atoms with Gasteiger partial charge in [0.1, 0.15) is 22.8 Å². The molecule has 24 heavy (non-hydrogen) atoms. The Morgan fingerprint density at radius 3 is 2.46 bits per heavy atom. The summed E-state index contributed by atoms with van der Waals surface area (Å²) in [5.41, 5.74) is 2.12. The lowest BCUT2D eigenvalue weighted by Gasteiger charge is -2.17. The molecule has 0 aromatic heterocycles. The first-order valence-electron chi connectivity index (χ1n) is 7.97. The number of hydrogen-bond donors (Lipinski definition) is 2. The van der Waals surface area contributed by atoms with Gasteiger partial charge in [-0.05, 0) is 36.6 Å². The molecule has 2 aromatic carbocycles. The number of Topliss-reactive ketones (excluding diaryl/α,β-unsaturated/α-hetero) is 1. The zero-order chi connectivity index (χ0) is 16.7. The summed E-state index contributed by atoms with van der Waals surface area (Å²) in [6, 6.07) is 10.4. The van der Waals surface area contributed by atoms with E-state index < -0.39 is 0 Å². The van der Waals surface area contributed by atoms with Gasteiger partial charge in [0, 0.05) is 30.9 Å². The van der Waals surface area contributed by atoms with Gasteiger partial charge in [0.15, 0.2) is 5.76 Å². The first-order valence-corrected chi connectivity index (χ1v) is 7.97. The highest BCUT2D eigenvalue weighted by Crippen LogP contribution is 2.40. The van der Waals surface area contributed by atoms with Crippen molar-refractivity contribution >= 4 is 17.5 Å². The van der Waals surface area contributed by atoms with Crippen molar-refractivity contribution in [3.8, 4) is 17.2 Å². The number of rotatable bonds is 2. The lowest BCUT2D eigenvalue weighted by molar-refractivity contribution is 0.101. The van der Waals surface area contributed by atoms with E-state index in [2.05, 4.69) is 4.90 Å². The molecule has 1 fully saturated rings. The number of carbonyl (C=O) groups excluding carboxylic acids is 1. The second-order valence-corrected chi connectivity index (χ2v) is 6.06. The van der Waals surface area contributed by atoms with Crippen LogP contribution in [-0.2, 0) is 0 Å². The van der Waals surface area contributed by atoms with Crippen molar-refractivity contribution in [3.63, 3.8) is 0 Å². The van der Waals surface area contributed by atoms with Crippen LogP contribution >= 0.6 is 0 Å². The Labute approximate surface area is 139 Å². The number of phenols is 2. The molecule has 0 saturated carbocycles. The highest BCUT2D eigenvalue weighted by Gasteiger charge is 2.31. The monoisotopic (exact) mass is 323 g/mol. The van der Waals surface area contributed by atoms with E-state index in [1.54, 1.807) is 6.08 Å². The zero-order valence-corrected chi connectivity index (χ0v) is 13.0. The van der Waals surface area contributed by atoms with Crippen LogP contribution in [0.1, 0.15) is 28.8 Å². The van der Waals surface area contributed by atoms with Crippen LogP contribution in [0.3, 0.4) is 0 Å². The predicted octanol–water partition coefficient (Wildman–Crippen LogP) is 3.31. The summed E-state index contributed by atoms with van der Waals surface area (Å²) in [4.78, 5) is 14.7. The van der Waals surface area contributed by atoms with Gasteiger partial charge in [0.05, 0.1) is 0 Å². The average molecular weight is 323 g/mol. The molecule has 0 radical (unpaired) electrons. The van der Waals surface area contributed by atoms with Crippen molar-refractivity contribution in [3.05, 3.63) is 53.3 Å². The van der Waals surface area contributed by atoms with Crippen LogP contribution in [0.15, 0.2) is 42.2 Å². The fourth-order valence-corrected chi connectivity index (χ4v) is 3.19. The van der Waals surface area contributed by atoms with Gasteiger partial charge in [-0.25, -0.2) is 0 Å². The average Bonchev–Trinajstić information content (AvgIpc) is 3.17. The van der Waals surface area contributed by atoms with Gasteiger partial charge in [0.25, 0.3) is 0 Å².